The number of aromatic nitrogens is 2. The third-order valence-corrected chi connectivity index (χ3v) is 3.77. The SMILES string of the molecule is O=C(CCn1ccnc1)NCC1CCCC1CO. The van der Waals surface area contributed by atoms with Gasteiger partial charge in [-0.05, 0) is 24.7 Å². The predicted molar refractivity (Wildman–Crippen MR) is 67.8 cm³/mol. The topological polar surface area (TPSA) is 67.2 Å². The number of carbonyl (C=O) groups excluding carboxylic acids is 1. The van der Waals surface area contributed by atoms with Crippen molar-refractivity contribution < 1.29 is 9.90 Å². The molecule has 1 fully saturated rings. The second-order valence-electron chi connectivity index (χ2n) is 4.99. The smallest absolute Gasteiger partial charge is 0.221 e. The zero-order valence-corrected chi connectivity index (χ0v) is 10.6. The molecular weight excluding hydrogens is 230 g/mol. The summed E-state index contributed by atoms with van der Waals surface area (Å²) < 4.78 is 1.89. The van der Waals surface area contributed by atoms with Crippen LogP contribution in [0.2, 0.25) is 0 Å². The van der Waals surface area contributed by atoms with Crippen LogP contribution < -0.4 is 5.32 Å². The molecule has 18 heavy (non-hydrogen) atoms. The Hall–Kier alpha value is -1.36. The lowest BCUT2D eigenvalue weighted by Crippen LogP contribution is -2.32. The summed E-state index contributed by atoms with van der Waals surface area (Å²) in [5.41, 5.74) is 0. The lowest BCUT2D eigenvalue weighted by molar-refractivity contribution is -0.121. The zero-order valence-electron chi connectivity index (χ0n) is 10.6. The fourth-order valence-corrected chi connectivity index (χ4v) is 2.61. The summed E-state index contributed by atoms with van der Waals surface area (Å²) in [6, 6.07) is 0. The largest absolute Gasteiger partial charge is 0.396 e. The maximum absolute atomic E-state index is 11.7. The number of aryl methyl sites for hydroxylation is 1. The van der Waals surface area contributed by atoms with Gasteiger partial charge in [0, 0.05) is 38.5 Å². The molecule has 0 radical (unpaired) electrons. The van der Waals surface area contributed by atoms with Crippen molar-refractivity contribution in [1.29, 1.82) is 0 Å². The number of aliphatic hydroxyl groups excluding tert-OH is 1. The van der Waals surface area contributed by atoms with Gasteiger partial charge >= 0.3 is 0 Å². The van der Waals surface area contributed by atoms with Crippen LogP contribution in [0.4, 0.5) is 0 Å². The minimum absolute atomic E-state index is 0.0762. The van der Waals surface area contributed by atoms with Crippen LogP contribution in [0.1, 0.15) is 25.7 Å². The number of amides is 1. The molecule has 2 rings (SSSR count). The number of aliphatic hydroxyl groups is 1. The lowest BCUT2D eigenvalue weighted by Gasteiger charge is -2.17. The fourth-order valence-electron chi connectivity index (χ4n) is 2.61. The van der Waals surface area contributed by atoms with Crippen molar-refractivity contribution in [2.75, 3.05) is 13.2 Å². The molecule has 1 aromatic heterocycles. The van der Waals surface area contributed by atoms with Gasteiger partial charge in [0.1, 0.15) is 0 Å². The van der Waals surface area contributed by atoms with Gasteiger partial charge in [0.15, 0.2) is 0 Å². The number of imidazole rings is 1. The van der Waals surface area contributed by atoms with E-state index in [9.17, 15) is 9.90 Å². The van der Waals surface area contributed by atoms with Crippen molar-refractivity contribution in [2.45, 2.75) is 32.2 Å². The average molecular weight is 251 g/mol. The number of hydrogen-bond acceptors (Lipinski definition) is 3. The molecule has 1 aliphatic rings. The lowest BCUT2D eigenvalue weighted by atomic mass is 9.97. The van der Waals surface area contributed by atoms with Crippen molar-refractivity contribution >= 4 is 5.91 Å². The Morgan fingerprint density at radius 1 is 1.44 bits per heavy atom. The standard InChI is InChI=1S/C13H21N3O2/c17-9-12-3-1-2-11(12)8-15-13(18)4-6-16-7-5-14-10-16/h5,7,10-12,17H,1-4,6,8-9H2,(H,15,18). The molecular formula is C13H21N3O2. The quantitative estimate of drug-likeness (QED) is 0.786. The second kappa shape index (κ2) is 6.54. The molecule has 2 N–H and O–H groups in total. The third-order valence-electron chi connectivity index (χ3n) is 3.77. The first-order chi connectivity index (χ1) is 8.79. The summed E-state index contributed by atoms with van der Waals surface area (Å²) in [4.78, 5) is 15.6. The average Bonchev–Trinajstić information content (AvgIpc) is 3.04. The van der Waals surface area contributed by atoms with Crippen LogP contribution in [0.5, 0.6) is 0 Å². The first-order valence-electron chi connectivity index (χ1n) is 6.63. The molecule has 1 heterocycles. The van der Waals surface area contributed by atoms with Gasteiger partial charge in [-0.15, -0.1) is 0 Å². The molecule has 5 nitrogen and oxygen atoms in total. The summed E-state index contributed by atoms with van der Waals surface area (Å²) in [5, 5.41) is 12.2. The molecule has 0 saturated heterocycles. The highest BCUT2D eigenvalue weighted by atomic mass is 16.3. The van der Waals surface area contributed by atoms with Crippen molar-refractivity contribution in [3.63, 3.8) is 0 Å². The van der Waals surface area contributed by atoms with E-state index in [1.54, 1.807) is 12.5 Å². The van der Waals surface area contributed by atoms with Gasteiger partial charge in [0.25, 0.3) is 0 Å². The molecule has 100 valence electrons. The van der Waals surface area contributed by atoms with Gasteiger partial charge in [0.05, 0.1) is 6.33 Å². The highest BCUT2D eigenvalue weighted by Gasteiger charge is 2.26. The van der Waals surface area contributed by atoms with Crippen LogP contribution in [-0.2, 0) is 11.3 Å². The summed E-state index contributed by atoms with van der Waals surface area (Å²) >= 11 is 0. The number of rotatable bonds is 6. The van der Waals surface area contributed by atoms with Crippen molar-refractivity contribution in [2.24, 2.45) is 11.8 Å². The zero-order chi connectivity index (χ0) is 12.8. The molecule has 2 atom stereocenters. The molecule has 1 aromatic rings. The Kier molecular flexibility index (Phi) is 4.75. The predicted octanol–water partition coefficient (Wildman–Crippen LogP) is 0.798. The van der Waals surface area contributed by atoms with Crippen LogP contribution in [0.15, 0.2) is 18.7 Å². The first-order valence-corrected chi connectivity index (χ1v) is 6.63. The second-order valence-corrected chi connectivity index (χ2v) is 4.99. The van der Waals surface area contributed by atoms with E-state index >= 15 is 0 Å². The van der Waals surface area contributed by atoms with Gasteiger partial charge in [-0.3, -0.25) is 4.79 Å². The summed E-state index contributed by atoms with van der Waals surface area (Å²) in [5.74, 6) is 0.901. The maximum atomic E-state index is 11.7. The molecule has 0 aliphatic heterocycles. The molecule has 0 bridgehead atoms. The first kappa shape index (κ1) is 13.1. The molecule has 1 saturated carbocycles. The number of nitrogens with zero attached hydrogens (tertiary/aromatic N) is 2. The van der Waals surface area contributed by atoms with Crippen LogP contribution in [0, 0.1) is 11.8 Å². The Labute approximate surface area is 107 Å². The van der Waals surface area contributed by atoms with Gasteiger partial charge in [-0.1, -0.05) is 6.42 Å². The van der Waals surface area contributed by atoms with E-state index in [-0.39, 0.29) is 12.5 Å². The van der Waals surface area contributed by atoms with Crippen LogP contribution in [0.25, 0.3) is 0 Å². The Morgan fingerprint density at radius 3 is 3.00 bits per heavy atom. The third kappa shape index (κ3) is 3.57. The summed E-state index contributed by atoms with van der Waals surface area (Å²) in [6.07, 6.45) is 9.13. The van der Waals surface area contributed by atoms with Crippen LogP contribution in [-0.4, -0.2) is 33.7 Å². The summed E-state index contributed by atoms with van der Waals surface area (Å²) in [6.45, 7) is 1.61. The minimum atomic E-state index is 0.0762. The van der Waals surface area contributed by atoms with Crippen LogP contribution in [0.3, 0.4) is 0 Å². The van der Waals surface area contributed by atoms with E-state index in [1.165, 1.54) is 6.42 Å². The summed E-state index contributed by atoms with van der Waals surface area (Å²) in [7, 11) is 0. The van der Waals surface area contributed by atoms with Crippen molar-refractivity contribution in [3.05, 3.63) is 18.7 Å². The van der Waals surface area contributed by atoms with E-state index < -0.39 is 0 Å². The van der Waals surface area contributed by atoms with E-state index in [4.69, 9.17) is 0 Å². The molecule has 0 spiro atoms. The minimum Gasteiger partial charge on any atom is -0.396 e. The molecule has 2 unspecified atom stereocenters. The highest BCUT2D eigenvalue weighted by Crippen LogP contribution is 2.30. The molecule has 5 heteroatoms. The molecule has 1 amide bonds. The van der Waals surface area contributed by atoms with Crippen molar-refractivity contribution in [3.8, 4) is 0 Å². The monoisotopic (exact) mass is 251 g/mol. The van der Waals surface area contributed by atoms with Gasteiger partial charge < -0.3 is 15.0 Å². The van der Waals surface area contributed by atoms with Crippen molar-refractivity contribution in [1.82, 2.24) is 14.9 Å². The number of hydrogen-bond donors (Lipinski definition) is 2. The van der Waals surface area contributed by atoms with Gasteiger partial charge in [0.2, 0.25) is 5.91 Å². The van der Waals surface area contributed by atoms with Gasteiger partial charge in [-0.2, -0.15) is 0 Å². The normalized spacial score (nSPS) is 23.2. The maximum Gasteiger partial charge on any atom is 0.221 e. The van der Waals surface area contributed by atoms with Crippen LogP contribution >= 0.6 is 0 Å². The number of carbonyl (C=O) groups is 1. The Balaban J connectivity index is 1.65. The number of nitrogens with one attached hydrogen (secondary N) is 1. The Bertz CT molecular complexity index is 364. The Morgan fingerprint density at radius 2 is 2.28 bits per heavy atom. The molecule has 1 aliphatic carbocycles. The van der Waals surface area contributed by atoms with Gasteiger partial charge in [-0.25, -0.2) is 4.98 Å². The van der Waals surface area contributed by atoms with E-state index in [0.717, 1.165) is 12.8 Å². The fraction of sp³-hybridized carbons (Fsp3) is 0.692. The molecule has 0 aromatic carbocycles. The van der Waals surface area contributed by atoms with E-state index in [1.807, 2.05) is 10.8 Å². The van der Waals surface area contributed by atoms with E-state index in [0.29, 0.717) is 31.3 Å². The van der Waals surface area contributed by atoms with E-state index in [2.05, 4.69) is 10.3 Å². The highest BCUT2D eigenvalue weighted by molar-refractivity contribution is 5.75.